The molecule has 0 saturated heterocycles. The molecule has 8 nitrogen and oxygen atoms in total. The van der Waals surface area contributed by atoms with Crippen molar-refractivity contribution in [3.05, 3.63) is 81.8 Å². The molecule has 1 atom stereocenters. The fraction of sp³-hybridized carbons (Fsp3) is 0.269. The minimum Gasteiger partial charge on any atom is -0.463 e. The maximum absolute atomic E-state index is 15.0. The second-order valence-corrected chi connectivity index (χ2v) is 9.11. The number of aliphatic imine (C=N–C) groups is 1. The van der Waals surface area contributed by atoms with Crippen LogP contribution in [0.3, 0.4) is 0 Å². The molecule has 1 N–H and O–H groups in total. The highest BCUT2D eigenvalue weighted by Gasteiger charge is 2.42. The zero-order valence-corrected chi connectivity index (χ0v) is 20.6. The third-order valence-corrected chi connectivity index (χ3v) is 6.85. The van der Waals surface area contributed by atoms with E-state index >= 15 is 4.39 Å². The largest absolute Gasteiger partial charge is 0.463 e. The van der Waals surface area contributed by atoms with Crippen LogP contribution in [0.15, 0.2) is 69.8 Å². The van der Waals surface area contributed by atoms with E-state index in [0.717, 1.165) is 5.56 Å². The summed E-state index contributed by atoms with van der Waals surface area (Å²) in [6, 6.07) is 11.0. The van der Waals surface area contributed by atoms with Crippen LogP contribution in [-0.4, -0.2) is 35.3 Å². The molecule has 36 heavy (non-hydrogen) atoms. The first kappa shape index (κ1) is 23.9. The van der Waals surface area contributed by atoms with Crippen LogP contribution < -0.4 is 14.8 Å². The number of ether oxygens (including phenoxy) is 3. The molecule has 0 fully saturated rings. The van der Waals surface area contributed by atoms with Gasteiger partial charge in [-0.1, -0.05) is 36.0 Å². The van der Waals surface area contributed by atoms with Gasteiger partial charge in [0.25, 0.3) is 0 Å². The van der Waals surface area contributed by atoms with Crippen LogP contribution in [0.4, 0.5) is 4.39 Å². The maximum Gasteiger partial charge on any atom is 0.338 e. The molecule has 0 saturated carbocycles. The Kier molecular flexibility index (Phi) is 6.69. The first-order valence-corrected chi connectivity index (χ1v) is 12.4. The van der Waals surface area contributed by atoms with Gasteiger partial charge in [-0.2, -0.15) is 0 Å². The number of hydrogen-bond donors (Lipinski definition) is 1. The van der Waals surface area contributed by atoms with E-state index in [9.17, 15) is 9.59 Å². The third-order valence-electron chi connectivity index (χ3n) is 5.96. The number of thioether (sulfide) groups is 1. The van der Waals surface area contributed by atoms with Gasteiger partial charge in [0.2, 0.25) is 12.7 Å². The molecule has 0 spiro atoms. The summed E-state index contributed by atoms with van der Waals surface area (Å²) in [4.78, 5) is 32.2. The SMILES string of the molecule is CCOC(=O)C1=C(C)N=C2SC=C(CC(=O)NCc3ccc4c(c3)OCO4)N2[C@@H]1c1ccccc1F. The second kappa shape index (κ2) is 10.1. The molecule has 1 amide bonds. The Hall–Kier alpha value is -3.79. The maximum atomic E-state index is 15.0. The summed E-state index contributed by atoms with van der Waals surface area (Å²) in [6.07, 6.45) is 0.0245. The van der Waals surface area contributed by atoms with E-state index in [0.29, 0.717) is 40.2 Å². The zero-order valence-electron chi connectivity index (χ0n) is 19.7. The van der Waals surface area contributed by atoms with Crippen molar-refractivity contribution < 1.29 is 28.2 Å². The van der Waals surface area contributed by atoms with Gasteiger partial charge in [-0.25, -0.2) is 14.2 Å². The van der Waals surface area contributed by atoms with Gasteiger partial charge >= 0.3 is 5.97 Å². The average molecular weight is 510 g/mol. The quantitative estimate of drug-likeness (QED) is 0.554. The number of carbonyl (C=O) groups is 2. The summed E-state index contributed by atoms with van der Waals surface area (Å²) in [5, 5.41) is 5.30. The number of halogens is 1. The van der Waals surface area contributed by atoms with Gasteiger partial charge in [-0.05, 0) is 43.0 Å². The van der Waals surface area contributed by atoms with Gasteiger partial charge in [-0.3, -0.25) is 4.79 Å². The van der Waals surface area contributed by atoms with Crippen LogP contribution >= 0.6 is 11.8 Å². The van der Waals surface area contributed by atoms with Crippen LogP contribution in [0.1, 0.15) is 37.4 Å². The Morgan fingerprint density at radius 1 is 1.22 bits per heavy atom. The summed E-state index contributed by atoms with van der Waals surface area (Å²) >= 11 is 1.33. The molecule has 2 aromatic carbocycles. The van der Waals surface area contributed by atoms with Crippen molar-refractivity contribution in [2.45, 2.75) is 32.9 Å². The summed E-state index contributed by atoms with van der Waals surface area (Å²) in [7, 11) is 0. The molecule has 3 heterocycles. The predicted molar refractivity (Wildman–Crippen MR) is 132 cm³/mol. The number of esters is 1. The second-order valence-electron chi connectivity index (χ2n) is 8.28. The van der Waals surface area contributed by atoms with E-state index in [4.69, 9.17) is 14.2 Å². The number of rotatable bonds is 7. The third kappa shape index (κ3) is 4.56. The minimum atomic E-state index is -0.805. The molecule has 0 aromatic heterocycles. The number of nitrogens with zero attached hydrogens (tertiary/aromatic N) is 2. The van der Waals surface area contributed by atoms with E-state index in [1.54, 1.807) is 43.0 Å². The monoisotopic (exact) mass is 509 g/mol. The standard InChI is InChI=1S/C26H24FN3O5S/c1-3-33-25(32)23-15(2)29-26-30(24(23)18-6-4-5-7-19(18)27)17(13-36-26)11-22(31)28-12-16-8-9-20-21(10-16)35-14-34-20/h4-10,13,24H,3,11-12,14H2,1-2H3,(H,28,31)/t24-/m1/s1. The summed E-state index contributed by atoms with van der Waals surface area (Å²) in [5.74, 6) is 0.0794. The number of fused-ring (bicyclic) bond motifs is 2. The lowest BCUT2D eigenvalue weighted by molar-refractivity contribution is -0.139. The molecule has 3 aliphatic rings. The van der Waals surface area contributed by atoms with Gasteiger partial charge in [0, 0.05) is 17.8 Å². The van der Waals surface area contributed by atoms with Crippen molar-refractivity contribution in [3.8, 4) is 11.5 Å². The molecule has 0 radical (unpaired) electrons. The minimum absolute atomic E-state index is 0.0245. The molecule has 186 valence electrons. The van der Waals surface area contributed by atoms with Crippen LogP contribution in [0, 0.1) is 5.82 Å². The highest BCUT2D eigenvalue weighted by atomic mass is 32.2. The van der Waals surface area contributed by atoms with Gasteiger partial charge in [0.05, 0.1) is 30.3 Å². The van der Waals surface area contributed by atoms with E-state index in [2.05, 4.69) is 10.3 Å². The van der Waals surface area contributed by atoms with Crippen LogP contribution in [-0.2, 0) is 20.9 Å². The lowest BCUT2D eigenvalue weighted by Gasteiger charge is -2.36. The van der Waals surface area contributed by atoms with Crippen molar-refractivity contribution in [3.63, 3.8) is 0 Å². The van der Waals surface area contributed by atoms with E-state index < -0.39 is 17.8 Å². The van der Waals surface area contributed by atoms with E-state index in [-0.39, 0.29) is 31.3 Å². The first-order valence-electron chi connectivity index (χ1n) is 11.5. The lowest BCUT2D eigenvalue weighted by Crippen LogP contribution is -2.38. The van der Waals surface area contributed by atoms with Crippen LogP contribution in [0.5, 0.6) is 11.5 Å². The number of carbonyl (C=O) groups excluding carboxylic acids is 2. The van der Waals surface area contributed by atoms with Crippen molar-refractivity contribution in [1.29, 1.82) is 0 Å². The Morgan fingerprint density at radius 2 is 2.03 bits per heavy atom. The first-order chi connectivity index (χ1) is 17.5. The molecule has 0 unspecified atom stereocenters. The Labute approximate surface area is 211 Å². The highest BCUT2D eigenvalue weighted by molar-refractivity contribution is 8.16. The van der Waals surface area contributed by atoms with Crippen molar-refractivity contribution in [2.75, 3.05) is 13.4 Å². The van der Waals surface area contributed by atoms with E-state index in [1.807, 2.05) is 17.5 Å². The average Bonchev–Trinajstić information content (AvgIpc) is 3.49. The molecule has 10 heteroatoms. The Morgan fingerprint density at radius 3 is 2.83 bits per heavy atom. The zero-order chi connectivity index (χ0) is 25.2. The van der Waals surface area contributed by atoms with Crippen LogP contribution in [0.2, 0.25) is 0 Å². The number of amidine groups is 1. The predicted octanol–water partition coefficient (Wildman–Crippen LogP) is 4.40. The topological polar surface area (TPSA) is 89.5 Å². The Balaban J connectivity index is 1.37. The number of benzene rings is 2. The van der Waals surface area contributed by atoms with Gasteiger partial charge < -0.3 is 24.4 Å². The molecule has 0 bridgehead atoms. The highest BCUT2D eigenvalue weighted by Crippen LogP contribution is 2.45. The summed E-state index contributed by atoms with van der Waals surface area (Å²) in [6.45, 7) is 4.09. The number of hydrogen-bond acceptors (Lipinski definition) is 8. The van der Waals surface area contributed by atoms with Crippen LogP contribution in [0.25, 0.3) is 0 Å². The molecular formula is C26H24FN3O5S. The number of nitrogens with one attached hydrogen (secondary N) is 1. The van der Waals surface area contributed by atoms with Gasteiger partial charge in [-0.15, -0.1) is 0 Å². The van der Waals surface area contributed by atoms with Gasteiger partial charge in [0.15, 0.2) is 16.7 Å². The lowest BCUT2D eigenvalue weighted by atomic mass is 9.93. The smallest absolute Gasteiger partial charge is 0.338 e. The van der Waals surface area contributed by atoms with E-state index in [1.165, 1.54) is 17.8 Å². The van der Waals surface area contributed by atoms with Crippen molar-refractivity contribution in [1.82, 2.24) is 10.2 Å². The molecular weight excluding hydrogens is 485 g/mol. The molecule has 3 aliphatic heterocycles. The molecule has 5 rings (SSSR count). The van der Waals surface area contributed by atoms with Gasteiger partial charge in [0.1, 0.15) is 5.82 Å². The summed E-state index contributed by atoms with van der Waals surface area (Å²) < 4.78 is 31.0. The normalized spacial score (nSPS) is 18.0. The fourth-order valence-corrected chi connectivity index (χ4v) is 5.27. The number of amides is 1. The summed E-state index contributed by atoms with van der Waals surface area (Å²) in [5.41, 5.74) is 2.50. The fourth-order valence-electron chi connectivity index (χ4n) is 4.31. The molecule has 2 aromatic rings. The number of allylic oxidation sites excluding steroid dienone is 1. The van der Waals surface area contributed by atoms with Crippen molar-refractivity contribution in [2.24, 2.45) is 4.99 Å². The molecule has 0 aliphatic carbocycles. The Bertz CT molecular complexity index is 1320. The van der Waals surface area contributed by atoms with Crippen molar-refractivity contribution >= 4 is 28.8 Å².